The van der Waals surface area contributed by atoms with E-state index in [2.05, 4.69) is 0 Å². The van der Waals surface area contributed by atoms with Crippen LogP contribution in [0.5, 0.6) is 5.75 Å². The fraction of sp³-hybridized carbons (Fsp3) is 0.364. The van der Waals surface area contributed by atoms with E-state index in [-0.39, 0.29) is 6.10 Å². The lowest BCUT2D eigenvalue weighted by atomic mass is 10.1. The van der Waals surface area contributed by atoms with Crippen LogP contribution in [0.25, 0.3) is 0 Å². The monoisotopic (exact) mass is 175 g/mol. The summed E-state index contributed by atoms with van der Waals surface area (Å²) in [7, 11) is 0. The molecule has 0 spiro atoms. The highest BCUT2D eigenvalue weighted by atomic mass is 16.5. The second-order valence-corrected chi connectivity index (χ2v) is 3.16. The third kappa shape index (κ3) is 2.48. The molecule has 1 aromatic carbocycles. The number of nitriles is 1. The quantitative estimate of drug-likeness (QED) is 0.692. The molecule has 0 bridgehead atoms. The van der Waals surface area contributed by atoms with Crippen molar-refractivity contribution in [3.05, 3.63) is 29.3 Å². The van der Waals surface area contributed by atoms with E-state index in [1.807, 2.05) is 38.1 Å². The van der Waals surface area contributed by atoms with Gasteiger partial charge >= 0.3 is 0 Å². The van der Waals surface area contributed by atoms with Gasteiger partial charge in [0.25, 0.3) is 0 Å². The molecule has 0 saturated heterocycles. The first-order valence-electron chi connectivity index (χ1n) is 4.27. The summed E-state index contributed by atoms with van der Waals surface area (Å²) in [6, 6.07) is 8.01. The Bertz CT molecular complexity index is 338. The van der Waals surface area contributed by atoms with Gasteiger partial charge in [-0.3, -0.25) is 0 Å². The molecule has 0 heterocycles. The Balaban J connectivity index is 2.88. The average Bonchev–Trinajstić information content (AvgIpc) is 2.11. The molecule has 68 valence electrons. The van der Waals surface area contributed by atoms with Crippen LogP contribution < -0.4 is 4.74 Å². The molecule has 1 aromatic rings. The molecule has 0 aromatic heterocycles. The van der Waals surface area contributed by atoms with Gasteiger partial charge in [-0.25, -0.2) is 0 Å². The fourth-order valence-electron chi connectivity index (χ4n) is 1.05. The number of hydrogen-bond acceptors (Lipinski definition) is 2. The first kappa shape index (κ1) is 9.60. The predicted octanol–water partition coefficient (Wildman–Crippen LogP) is 2.59. The van der Waals surface area contributed by atoms with E-state index in [4.69, 9.17) is 10.00 Å². The van der Waals surface area contributed by atoms with E-state index in [1.165, 1.54) is 0 Å². The van der Waals surface area contributed by atoms with Gasteiger partial charge in [-0.05, 0) is 38.0 Å². The standard InChI is InChI=1S/C11H13NO/c1-8-4-5-9(2)11(6-8)13-10(3)7-12/h4-6,10H,1-3H3. The summed E-state index contributed by atoms with van der Waals surface area (Å²) >= 11 is 0. The van der Waals surface area contributed by atoms with Crippen LogP contribution in [0, 0.1) is 25.2 Å². The van der Waals surface area contributed by atoms with Crippen molar-refractivity contribution in [1.29, 1.82) is 5.26 Å². The van der Waals surface area contributed by atoms with Gasteiger partial charge in [0.1, 0.15) is 11.8 Å². The Morgan fingerprint density at radius 2 is 2.08 bits per heavy atom. The largest absolute Gasteiger partial charge is 0.476 e. The lowest BCUT2D eigenvalue weighted by Gasteiger charge is -2.10. The predicted molar refractivity (Wildman–Crippen MR) is 51.6 cm³/mol. The average molecular weight is 175 g/mol. The summed E-state index contributed by atoms with van der Waals surface area (Å²) < 4.78 is 5.41. The molecule has 2 heteroatoms. The summed E-state index contributed by atoms with van der Waals surface area (Å²) in [5.41, 5.74) is 2.21. The summed E-state index contributed by atoms with van der Waals surface area (Å²) in [5.74, 6) is 0.800. The zero-order valence-electron chi connectivity index (χ0n) is 8.16. The Labute approximate surface area is 78.8 Å². The van der Waals surface area contributed by atoms with Crippen molar-refractivity contribution in [2.24, 2.45) is 0 Å². The van der Waals surface area contributed by atoms with Crippen LogP contribution in [0.4, 0.5) is 0 Å². The molecular formula is C11H13NO. The van der Waals surface area contributed by atoms with Crippen molar-refractivity contribution in [1.82, 2.24) is 0 Å². The van der Waals surface area contributed by atoms with Crippen LogP contribution in [-0.4, -0.2) is 6.10 Å². The van der Waals surface area contributed by atoms with Gasteiger partial charge in [0, 0.05) is 0 Å². The molecule has 0 aliphatic heterocycles. The van der Waals surface area contributed by atoms with Crippen LogP contribution in [-0.2, 0) is 0 Å². The Morgan fingerprint density at radius 3 is 2.69 bits per heavy atom. The van der Waals surface area contributed by atoms with E-state index in [9.17, 15) is 0 Å². The van der Waals surface area contributed by atoms with E-state index in [1.54, 1.807) is 6.92 Å². The maximum Gasteiger partial charge on any atom is 0.181 e. The van der Waals surface area contributed by atoms with Crippen molar-refractivity contribution >= 4 is 0 Å². The van der Waals surface area contributed by atoms with Crippen LogP contribution in [0.15, 0.2) is 18.2 Å². The second kappa shape index (κ2) is 3.95. The maximum absolute atomic E-state index is 8.58. The molecule has 0 amide bonds. The van der Waals surface area contributed by atoms with Crippen LogP contribution >= 0.6 is 0 Å². The van der Waals surface area contributed by atoms with E-state index in [0.29, 0.717) is 0 Å². The lowest BCUT2D eigenvalue weighted by Crippen LogP contribution is -2.09. The number of aryl methyl sites for hydroxylation is 2. The molecule has 0 fully saturated rings. The van der Waals surface area contributed by atoms with Gasteiger partial charge in [0.15, 0.2) is 6.10 Å². The molecular weight excluding hydrogens is 162 g/mol. The van der Waals surface area contributed by atoms with E-state index in [0.717, 1.165) is 16.9 Å². The molecule has 1 rings (SSSR count). The van der Waals surface area contributed by atoms with E-state index >= 15 is 0 Å². The number of hydrogen-bond donors (Lipinski definition) is 0. The first-order valence-corrected chi connectivity index (χ1v) is 4.27. The Morgan fingerprint density at radius 1 is 1.38 bits per heavy atom. The number of rotatable bonds is 2. The topological polar surface area (TPSA) is 33.0 Å². The minimum Gasteiger partial charge on any atom is -0.476 e. The molecule has 1 atom stereocenters. The highest BCUT2D eigenvalue weighted by molar-refractivity contribution is 5.36. The molecule has 0 aliphatic rings. The van der Waals surface area contributed by atoms with Crippen molar-refractivity contribution in [3.8, 4) is 11.8 Å². The van der Waals surface area contributed by atoms with Gasteiger partial charge in [0.2, 0.25) is 0 Å². The number of nitrogens with zero attached hydrogens (tertiary/aromatic N) is 1. The summed E-state index contributed by atoms with van der Waals surface area (Å²) in [6.07, 6.45) is -0.388. The molecule has 13 heavy (non-hydrogen) atoms. The zero-order chi connectivity index (χ0) is 9.84. The highest BCUT2D eigenvalue weighted by Gasteiger charge is 2.04. The van der Waals surface area contributed by atoms with Crippen LogP contribution in [0.3, 0.4) is 0 Å². The fourth-order valence-corrected chi connectivity index (χ4v) is 1.05. The maximum atomic E-state index is 8.58. The minimum absolute atomic E-state index is 0.388. The Hall–Kier alpha value is -1.49. The number of ether oxygens (including phenoxy) is 1. The molecule has 0 aliphatic carbocycles. The molecule has 1 unspecified atom stereocenters. The highest BCUT2D eigenvalue weighted by Crippen LogP contribution is 2.20. The minimum atomic E-state index is -0.388. The van der Waals surface area contributed by atoms with Crippen molar-refractivity contribution in [2.45, 2.75) is 26.9 Å². The number of benzene rings is 1. The molecule has 0 radical (unpaired) electrons. The smallest absolute Gasteiger partial charge is 0.181 e. The van der Waals surface area contributed by atoms with Gasteiger partial charge in [-0.15, -0.1) is 0 Å². The summed E-state index contributed by atoms with van der Waals surface area (Å²) in [5, 5.41) is 8.58. The zero-order valence-corrected chi connectivity index (χ0v) is 8.16. The second-order valence-electron chi connectivity index (χ2n) is 3.16. The van der Waals surface area contributed by atoms with Gasteiger partial charge in [-0.2, -0.15) is 5.26 Å². The molecule has 0 saturated carbocycles. The van der Waals surface area contributed by atoms with Crippen molar-refractivity contribution < 1.29 is 4.74 Å². The third-order valence-corrected chi connectivity index (χ3v) is 1.83. The van der Waals surface area contributed by atoms with Crippen molar-refractivity contribution in [2.75, 3.05) is 0 Å². The SMILES string of the molecule is Cc1ccc(C)c(OC(C)C#N)c1. The summed E-state index contributed by atoms with van der Waals surface area (Å²) in [4.78, 5) is 0. The Kier molecular flexibility index (Phi) is 2.92. The molecule has 0 N–H and O–H groups in total. The van der Waals surface area contributed by atoms with Gasteiger partial charge < -0.3 is 4.74 Å². The third-order valence-electron chi connectivity index (χ3n) is 1.83. The van der Waals surface area contributed by atoms with Crippen LogP contribution in [0.2, 0.25) is 0 Å². The van der Waals surface area contributed by atoms with E-state index < -0.39 is 0 Å². The molecule has 2 nitrogen and oxygen atoms in total. The van der Waals surface area contributed by atoms with Gasteiger partial charge in [0.05, 0.1) is 0 Å². The van der Waals surface area contributed by atoms with Crippen molar-refractivity contribution in [3.63, 3.8) is 0 Å². The van der Waals surface area contributed by atoms with Gasteiger partial charge in [-0.1, -0.05) is 12.1 Å². The van der Waals surface area contributed by atoms with Crippen LogP contribution in [0.1, 0.15) is 18.1 Å². The first-order chi connectivity index (χ1) is 6.13. The summed E-state index contributed by atoms with van der Waals surface area (Å²) in [6.45, 7) is 5.71. The lowest BCUT2D eigenvalue weighted by molar-refractivity contribution is 0.274. The normalized spacial score (nSPS) is 11.8.